The minimum absolute atomic E-state index is 0.0257. The van der Waals surface area contributed by atoms with Gasteiger partial charge in [-0.3, -0.25) is 4.79 Å². The quantitative estimate of drug-likeness (QED) is 0.855. The molecule has 4 nitrogen and oxygen atoms in total. The third-order valence-electron chi connectivity index (χ3n) is 4.02. The van der Waals surface area contributed by atoms with Crippen LogP contribution in [0.4, 0.5) is 0 Å². The SMILES string of the molecule is COc1ccccc1C(C)N(C)C(=O)C(C)=C1CNC1. The Balaban J connectivity index is 2.20. The zero-order valence-electron chi connectivity index (χ0n) is 12.6. The number of likely N-dealkylation sites (N-methyl/N-ethyl adjacent to an activating group) is 1. The lowest BCUT2D eigenvalue weighted by molar-refractivity contribution is -0.127. The molecule has 0 saturated carbocycles. The number of carbonyl (C=O) groups excluding carboxylic acids is 1. The maximum Gasteiger partial charge on any atom is 0.249 e. The molecule has 1 atom stereocenters. The number of benzene rings is 1. The number of methoxy groups -OCH3 is 1. The van der Waals surface area contributed by atoms with Crippen LogP contribution in [-0.4, -0.2) is 38.1 Å². The van der Waals surface area contributed by atoms with Crippen LogP contribution < -0.4 is 10.1 Å². The summed E-state index contributed by atoms with van der Waals surface area (Å²) >= 11 is 0. The summed E-state index contributed by atoms with van der Waals surface area (Å²) in [6.07, 6.45) is 0. The lowest BCUT2D eigenvalue weighted by atomic mass is 10.0. The van der Waals surface area contributed by atoms with Crippen LogP contribution in [0.2, 0.25) is 0 Å². The number of nitrogens with zero attached hydrogens (tertiary/aromatic N) is 1. The van der Waals surface area contributed by atoms with Crippen molar-refractivity contribution in [3.05, 3.63) is 41.0 Å². The number of hydrogen-bond acceptors (Lipinski definition) is 3. The van der Waals surface area contributed by atoms with E-state index in [1.807, 2.05) is 45.2 Å². The Morgan fingerprint density at radius 3 is 2.55 bits per heavy atom. The van der Waals surface area contributed by atoms with Crippen LogP contribution in [-0.2, 0) is 4.79 Å². The number of para-hydroxylation sites is 1. The number of ether oxygens (including phenoxy) is 1. The average Bonchev–Trinajstić information content (AvgIpc) is 2.42. The number of carbonyl (C=O) groups is 1. The van der Waals surface area contributed by atoms with Crippen molar-refractivity contribution in [1.82, 2.24) is 10.2 Å². The smallest absolute Gasteiger partial charge is 0.249 e. The second kappa shape index (κ2) is 6.09. The van der Waals surface area contributed by atoms with Gasteiger partial charge in [-0.05, 0) is 25.5 Å². The summed E-state index contributed by atoms with van der Waals surface area (Å²) in [5.41, 5.74) is 3.08. The van der Waals surface area contributed by atoms with Crippen LogP contribution in [0, 0.1) is 0 Å². The van der Waals surface area contributed by atoms with E-state index in [1.165, 1.54) is 5.57 Å². The normalized spacial score (nSPS) is 15.3. The van der Waals surface area contributed by atoms with Crippen molar-refractivity contribution in [1.29, 1.82) is 0 Å². The van der Waals surface area contributed by atoms with Crippen LogP contribution in [0.1, 0.15) is 25.5 Å². The fourth-order valence-corrected chi connectivity index (χ4v) is 2.33. The molecule has 0 bridgehead atoms. The third kappa shape index (κ3) is 2.70. The topological polar surface area (TPSA) is 41.6 Å². The molecule has 1 N–H and O–H groups in total. The Morgan fingerprint density at radius 1 is 1.35 bits per heavy atom. The molecule has 1 unspecified atom stereocenters. The van der Waals surface area contributed by atoms with Gasteiger partial charge < -0.3 is 15.0 Å². The molecule has 1 fully saturated rings. The first-order chi connectivity index (χ1) is 9.56. The van der Waals surface area contributed by atoms with Crippen molar-refractivity contribution in [2.24, 2.45) is 0 Å². The molecule has 0 spiro atoms. The second-order valence-electron chi connectivity index (χ2n) is 5.17. The van der Waals surface area contributed by atoms with E-state index >= 15 is 0 Å². The molecule has 1 aliphatic rings. The minimum atomic E-state index is -0.0257. The summed E-state index contributed by atoms with van der Waals surface area (Å²) in [5.74, 6) is 0.898. The molecule has 20 heavy (non-hydrogen) atoms. The number of hydrogen-bond donors (Lipinski definition) is 1. The van der Waals surface area contributed by atoms with Crippen LogP contribution >= 0.6 is 0 Å². The van der Waals surface area contributed by atoms with Crippen molar-refractivity contribution in [3.8, 4) is 5.75 Å². The number of rotatable bonds is 4. The first kappa shape index (κ1) is 14.6. The van der Waals surface area contributed by atoms with E-state index in [9.17, 15) is 4.79 Å². The standard InChI is InChI=1S/C16H22N2O2/c1-11(13-9-17-10-13)16(19)18(3)12(2)14-7-5-6-8-15(14)20-4/h5-8,12,17H,9-10H2,1-4H3. The zero-order valence-corrected chi connectivity index (χ0v) is 12.6. The van der Waals surface area contributed by atoms with Crippen molar-refractivity contribution in [3.63, 3.8) is 0 Å². The van der Waals surface area contributed by atoms with Gasteiger partial charge in [0, 0.05) is 31.3 Å². The minimum Gasteiger partial charge on any atom is -0.496 e. The van der Waals surface area contributed by atoms with Crippen LogP contribution in [0.15, 0.2) is 35.4 Å². The van der Waals surface area contributed by atoms with E-state index in [2.05, 4.69) is 5.32 Å². The number of nitrogens with one attached hydrogen (secondary N) is 1. The predicted molar refractivity (Wildman–Crippen MR) is 79.7 cm³/mol. The highest BCUT2D eigenvalue weighted by atomic mass is 16.5. The molecule has 0 radical (unpaired) electrons. The summed E-state index contributed by atoms with van der Waals surface area (Å²) in [7, 11) is 3.50. The van der Waals surface area contributed by atoms with Gasteiger partial charge >= 0.3 is 0 Å². The molecule has 1 heterocycles. The molecule has 2 rings (SSSR count). The fraction of sp³-hybridized carbons (Fsp3) is 0.438. The van der Waals surface area contributed by atoms with E-state index in [0.29, 0.717) is 0 Å². The van der Waals surface area contributed by atoms with Gasteiger partial charge in [-0.2, -0.15) is 0 Å². The lowest BCUT2D eigenvalue weighted by Gasteiger charge is -2.29. The van der Waals surface area contributed by atoms with Gasteiger partial charge in [0.25, 0.3) is 0 Å². The molecular formula is C16H22N2O2. The molecule has 0 aliphatic carbocycles. The highest BCUT2D eigenvalue weighted by molar-refractivity contribution is 5.94. The molecule has 4 heteroatoms. The molecule has 1 aliphatic heterocycles. The number of amides is 1. The summed E-state index contributed by atoms with van der Waals surface area (Å²) in [5, 5.41) is 3.17. The molecule has 108 valence electrons. The Labute approximate surface area is 120 Å². The van der Waals surface area contributed by atoms with Gasteiger partial charge in [0.1, 0.15) is 5.75 Å². The monoisotopic (exact) mass is 274 g/mol. The highest BCUT2D eigenvalue weighted by Gasteiger charge is 2.24. The Bertz CT molecular complexity index is 531. The maximum atomic E-state index is 12.5. The molecular weight excluding hydrogens is 252 g/mol. The Kier molecular flexibility index (Phi) is 4.45. The largest absolute Gasteiger partial charge is 0.496 e. The molecule has 1 amide bonds. The van der Waals surface area contributed by atoms with Crippen LogP contribution in [0.3, 0.4) is 0 Å². The van der Waals surface area contributed by atoms with Crippen molar-refractivity contribution in [2.75, 3.05) is 27.2 Å². The van der Waals surface area contributed by atoms with Crippen molar-refractivity contribution in [2.45, 2.75) is 19.9 Å². The Morgan fingerprint density at radius 2 is 2.00 bits per heavy atom. The van der Waals surface area contributed by atoms with Gasteiger partial charge in [0.05, 0.1) is 13.2 Å². The summed E-state index contributed by atoms with van der Waals surface area (Å²) in [6, 6.07) is 7.80. The van der Waals surface area contributed by atoms with Gasteiger partial charge in [-0.1, -0.05) is 18.2 Å². The molecule has 1 saturated heterocycles. The second-order valence-corrected chi connectivity index (χ2v) is 5.17. The molecule has 1 aromatic carbocycles. The lowest BCUT2D eigenvalue weighted by Crippen LogP contribution is -2.38. The zero-order chi connectivity index (χ0) is 14.7. The summed E-state index contributed by atoms with van der Waals surface area (Å²) < 4.78 is 5.38. The van der Waals surface area contributed by atoms with E-state index in [4.69, 9.17) is 4.74 Å². The van der Waals surface area contributed by atoms with Crippen LogP contribution in [0.25, 0.3) is 0 Å². The van der Waals surface area contributed by atoms with E-state index in [-0.39, 0.29) is 11.9 Å². The summed E-state index contributed by atoms with van der Waals surface area (Å²) in [6.45, 7) is 5.58. The summed E-state index contributed by atoms with van der Waals surface area (Å²) in [4.78, 5) is 14.3. The third-order valence-corrected chi connectivity index (χ3v) is 4.02. The van der Waals surface area contributed by atoms with Gasteiger partial charge in [-0.25, -0.2) is 0 Å². The highest BCUT2D eigenvalue weighted by Crippen LogP contribution is 2.29. The van der Waals surface area contributed by atoms with Crippen molar-refractivity contribution < 1.29 is 9.53 Å². The molecule has 0 aromatic heterocycles. The van der Waals surface area contributed by atoms with E-state index in [1.54, 1.807) is 12.0 Å². The first-order valence-electron chi connectivity index (χ1n) is 6.85. The van der Waals surface area contributed by atoms with Gasteiger partial charge in [0.15, 0.2) is 0 Å². The predicted octanol–water partition coefficient (Wildman–Crippen LogP) is 2.13. The van der Waals surface area contributed by atoms with Crippen molar-refractivity contribution >= 4 is 5.91 Å². The van der Waals surface area contributed by atoms with E-state index in [0.717, 1.165) is 30.0 Å². The first-order valence-corrected chi connectivity index (χ1v) is 6.85. The van der Waals surface area contributed by atoms with Gasteiger partial charge in [-0.15, -0.1) is 0 Å². The fourth-order valence-electron chi connectivity index (χ4n) is 2.33. The molecule has 1 aromatic rings. The average molecular weight is 274 g/mol. The van der Waals surface area contributed by atoms with E-state index < -0.39 is 0 Å². The van der Waals surface area contributed by atoms with Gasteiger partial charge in [0.2, 0.25) is 5.91 Å². The van der Waals surface area contributed by atoms with Crippen LogP contribution in [0.5, 0.6) is 5.75 Å². The maximum absolute atomic E-state index is 12.5. The Hall–Kier alpha value is -1.81.